The van der Waals surface area contributed by atoms with E-state index in [2.05, 4.69) is 10.6 Å². The summed E-state index contributed by atoms with van der Waals surface area (Å²) in [6, 6.07) is 13.9. The molecule has 0 unspecified atom stereocenters. The third-order valence-corrected chi connectivity index (χ3v) is 3.32. The monoisotopic (exact) mass is 313 g/mol. The van der Waals surface area contributed by atoms with Crippen LogP contribution in [0.4, 0.5) is 17.1 Å². The van der Waals surface area contributed by atoms with Crippen molar-refractivity contribution < 1.29 is 9.72 Å². The van der Waals surface area contributed by atoms with Crippen molar-refractivity contribution in [1.29, 1.82) is 0 Å². The summed E-state index contributed by atoms with van der Waals surface area (Å²) in [7, 11) is 0. The van der Waals surface area contributed by atoms with Gasteiger partial charge in [-0.05, 0) is 37.6 Å². The largest absolute Gasteiger partial charge is 0.385 e. The Morgan fingerprint density at radius 3 is 2.26 bits per heavy atom. The molecule has 0 spiro atoms. The van der Waals surface area contributed by atoms with Crippen LogP contribution < -0.4 is 10.6 Å². The molecule has 0 aliphatic rings. The number of carbonyl (C=O) groups excluding carboxylic acids is 1. The molecule has 2 N–H and O–H groups in total. The van der Waals surface area contributed by atoms with Crippen LogP contribution in [0.1, 0.15) is 18.4 Å². The van der Waals surface area contributed by atoms with Gasteiger partial charge in [-0.25, -0.2) is 0 Å². The number of non-ortho nitro benzene ring substituents is 1. The van der Waals surface area contributed by atoms with Crippen molar-refractivity contribution >= 4 is 23.0 Å². The van der Waals surface area contributed by atoms with E-state index >= 15 is 0 Å². The molecule has 0 saturated heterocycles. The van der Waals surface area contributed by atoms with Crippen molar-refractivity contribution in [2.24, 2.45) is 0 Å². The SMILES string of the molecule is Cc1ccc(NC(=O)CCCNc2ccc([N+](=O)[O-])cc2)cc1. The summed E-state index contributed by atoms with van der Waals surface area (Å²) >= 11 is 0. The van der Waals surface area contributed by atoms with E-state index in [1.165, 1.54) is 12.1 Å². The van der Waals surface area contributed by atoms with Gasteiger partial charge in [0.25, 0.3) is 5.69 Å². The highest BCUT2D eigenvalue weighted by molar-refractivity contribution is 5.90. The van der Waals surface area contributed by atoms with E-state index in [9.17, 15) is 14.9 Å². The smallest absolute Gasteiger partial charge is 0.269 e. The van der Waals surface area contributed by atoms with Gasteiger partial charge in [0.15, 0.2) is 0 Å². The van der Waals surface area contributed by atoms with E-state index < -0.39 is 4.92 Å². The molecule has 0 atom stereocenters. The van der Waals surface area contributed by atoms with Gasteiger partial charge in [-0.2, -0.15) is 0 Å². The molecule has 0 aliphatic heterocycles. The molecule has 0 fully saturated rings. The Labute approximate surface area is 134 Å². The highest BCUT2D eigenvalue weighted by Crippen LogP contribution is 2.15. The Hall–Kier alpha value is -2.89. The molecular weight excluding hydrogens is 294 g/mol. The fraction of sp³-hybridized carbons (Fsp3) is 0.235. The highest BCUT2D eigenvalue weighted by Gasteiger charge is 2.04. The van der Waals surface area contributed by atoms with Crippen molar-refractivity contribution in [2.75, 3.05) is 17.2 Å². The fourth-order valence-corrected chi connectivity index (χ4v) is 2.04. The summed E-state index contributed by atoms with van der Waals surface area (Å²) < 4.78 is 0. The molecule has 0 radical (unpaired) electrons. The van der Waals surface area contributed by atoms with Crippen LogP contribution in [0.3, 0.4) is 0 Å². The van der Waals surface area contributed by atoms with E-state index in [4.69, 9.17) is 0 Å². The van der Waals surface area contributed by atoms with Crippen LogP contribution in [0.2, 0.25) is 0 Å². The van der Waals surface area contributed by atoms with Gasteiger partial charge in [0, 0.05) is 36.5 Å². The second kappa shape index (κ2) is 7.93. The summed E-state index contributed by atoms with van der Waals surface area (Å²) in [4.78, 5) is 21.9. The van der Waals surface area contributed by atoms with Crippen LogP contribution in [0.25, 0.3) is 0 Å². The van der Waals surface area contributed by atoms with Gasteiger partial charge in [-0.15, -0.1) is 0 Å². The molecule has 2 aromatic rings. The summed E-state index contributed by atoms with van der Waals surface area (Å²) in [5.74, 6) is -0.0284. The zero-order chi connectivity index (χ0) is 16.7. The van der Waals surface area contributed by atoms with Crippen LogP contribution in [0, 0.1) is 17.0 Å². The predicted molar refractivity (Wildman–Crippen MR) is 90.6 cm³/mol. The Morgan fingerprint density at radius 2 is 1.65 bits per heavy atom. The number of carbonyl (C=O) groups is 1. The standard InChI is InChI=1S/C17H19N3O3/c1-13-4-6-15(7-5-13)19-17(21)3-2-12-18-14-8-10-16(11-9-14)20(22)23/h4-11,18H,2-3,12H2,1H3,(H,19,21). The topological polar surface area (TPSA) is 84.3 Å². The molecule has 0 aliphatic carbocycles. The number of amides is 1. The minimum absolute atomic E-state index is 0.0284. The first-order chi connectivity index (χ1) is 11.0. The quantitative estimate of drug-likeness (QED) is 0.463. The van der Waals surface area contributed by atoms with E-state index in [1.54, 1.807) is 12.1 Å². The molecule has 1 amide bonds. The highest BCUT2D eigenvalue weighted by atomic mass is 16.6. The lowest BCUT2D eigenvalue weighted by atomic mass is 10.2. The zero-order valence-electron chi connectivity index (χ0n) is 12.9. The molecule has 6 heteroatoms. The van der Waals surface area contributed by atoms with Crippen molar-refractivity contribution in [3.63, 3.8) is 0 Å². The number of rotatable bonds is 7. The summed E-state index contributed by atoms with van der Waals surface area (Å²) in [6.07, 6.45) is 1.09. The van der Waals surface area contributed by atoms with Gasteiger partial charge in [0.1, 0.15) is 0 Å². The Morgan fingerprint density at radius 1 is 1.04 bits per heavy atom. The number of benzene rings is 2. The van der Waals surface area contributed by atoms with Crippen molar-refractivity contribution in [1.82, 2.24) is 0 Å². The first-order valence-electron chi connectivity index (χ1n) is 7.39. The molecule has 23 heavy (non-hydrogen) atoms. The Balaban J connectivity index is 1.69. The summed E-state index contributed by atoms with van der Waals surface area (Å²) in [5, 5.41) is 16.5. The van der Waals surface area contributed by atoms with Crippen molar-refractivity contribution in [3.8, 4) is 0 Å². The third kappa shape index (κ3) is 5.43. The van der Waals surface area contributed by atoms with Gasteiger partial charge in [0.2, 0.25) is 5.91 Å². The van der Waals surface area contributed by atoms with E-state index in [1.807, 2.05) is 31.2 Å². The zero-order valence-corrected chi connectivity index (χ0v) is 12.9. The van der Waals surface area contributed by atoms with Crippen LogP contribution in [-0.2, 0) is 4.79 Å². The molecule has 120 valence electrons. The number of nitro groups is 1. The molecule has 6 nitrogen and oxygen atoms in total. The van der Waals surface area contributed by atoms with Gasteiger partial charge in [0.05, 0.1) is 4.92 Å². The minimum atomic E-state index is -0.431. The predicted octanol–water partition coefficient (Wildman–Crippen LogP) is 3.73. The lowest BCUT2D eigenvalue weighted by molar-refractivity contribution is -0.384. The number of hydrogen-bond acceptors (Lipinski definition) is 4. The molecular formula is C17H19N3O3. The summed E-state index contributed by atoms with van der Waals surface area (Å²) in [5.41, 5.74) is 2.81. The second-order valence-corrected chi connectivity index (χ2v) is 5.25. The second-order valence-electron chi connectivity index (χ2n) is 5.25. The van der Waals surface area contributed by atoms with Crippen LogP contribution in [0.15, 0.2) is 48.5 Å². The number of hydrogen-bond donors (Lipinski definition) is 2. The average Bonchev–Trinajstić information content (AvgIpc) is 2.54. The normalized spacial score (nSPS) is 10.1. The minimum Gasteiger partial charge on any atom is -0.385 e. The maximum atomic E-state index is 11.8. The molecule has 2 aromatic carbocycles. The Bertz CT molecular complexity index is 666. The van der Waals surface area contributed by atoms with E-state index in [-0.39, 0.29) is 11.6 Å². The van der Waals surface area contributed by atoms with E-state index in [0.717, 1.165) is 16.9 Å². The number of nitrogens with zero attached hydrogens (tertiary/aromatic N) is 1. The lowest BCUT2D eigenvalue weighted by Gasteiger charge is -2.07. The first-order valence-corrected chi connectivity index (χ1v) is 7.39. The molecule has 2 rings (SSSR count). The Kier molecular flexibility index (Phi) is 5.68. The number of anilines is 2. The van der Waals surface area contributed by atoms with Gasteiger partial charge < -0.3 is 10.6 Å². The summed E-state index contributed by atoms with van der Waals surface area (Å²) in [6.45, 7) is 2.62. The van der Waals surface area contributed by atoms with Crippen molar-refractivity contribution in [3.05, 3.63) is 64.2 Å². The van der Waals surface area contributed by atoms with Gasteiger partial charge in [-0.3, -0.25) is 14.9 Å². The first kappa shape index (κ1) is 16.5. The maximum Gasteiger partial charge on any atom is 0.269 e. The third-order valence-electron chi connectivity index (χ3n) is 3.32. The van der Waals surface area contributed by atoms with Crippen molar-refractivity contribution in [2.45, 2.75) is 19.8 Å². The molecule has 0 bridgehead atoms. The van der Waals surface area contributed by atoms with Crippen LogP contribution in [-0.4, -0.2) is 17.4 Å². The lowest BCUT2D eigenvalue weighted by Crippen LogP contribution is -2.13. The number of aryl methyl sites for hydroxylation is 1. The van der Waals surface area contributed by atoms with Crippen LogP contribution in [0.5, 0.6) is 0 Å². The maximum absolute atomic E-state index is 11.8. The molecule has 0 aromatic heterocycles. The number of nitro benzene ring substituents is 1. The fourth-order valence-electron chi connectivity index (χ4n) is 2.04. The average molecular weight is 313 g/mol. The molecule has 0 heterocycles. The van der Waals surface area contributed by atoms with Crippen LogP contribution >= 0.6 is 0 Å². The molecule has 0 saturated carbocycles. The van der Waals surface area contributed by atoms with E-state index in [0.29, 0.717) is 19.4 Å². The van der Waals surface area contributed by atoms with Gasteiger partial charge in [-0.1, -0.05) is 17.7 Å². The van der Waals surface area contributed by atoms with Gasteiger partial charge >= 0.3 is 0 Å². The number of nitrogens with one attached hydrogen (secondary N) is 2.